The topological polar surface area (TPSA) is 64.0 Å². The maximum absolute atomic E-state index is 11.5. The van der Waals surface area contributed by atoms with Crippen LogP contribution in [-0.4, -0.2) is 42.1 Å². The van der Waals surface area contributed by atoms with Crippen LogP contribution in [0.5, 0.6) is 0 Å². The Hall–Kier alpha value is -0.880. The van der Waals surface area contributed by atoms with Crippen molar-refractivity contribution in [2.45, 2.75) is 25.0 Å². The summed E-state index contributed by atoms with van der Waals surface area (Å²) in [5, 5.41) is 3.17. The lowest BCUT2D eigenvalue weighted by atomic mass is 10.2. The maximum Gasteiger partial charge on any atom is 0.153 e. The van der Waals surface area contributed by atoms with Gasteiger partial charge in [-0.25, -0.2) is 13.4 Å². The second-order valence-corrected chi connectivity index (χ2v) is 7.56. The van der Waals surface area contributed by atoms with Gasteiger partial charge < -0.3 is 9.88 Å². The van der Waals surface area contributed by atoms with Crippen LogP contribution in [0, 0.1) is 0 Å². The van der Waals surface area contributed by atoms with Gasteiger partial charge in [-0.2, -0.15) is 0 Å². The zero-order valence-corrected chi connectivity index (χ0v) is 11.7. The van der Waals surface area contributed by atoms with Crippen LogP contribution in [-0.2, 0) is 23.3 Å². The zero-order valence-electron chi connectivity index (χ0n) is 10.9. The first kappa shape index (κ1) is 14.2. The van der Waals surface area contributed by atoms with Crippen molar-refractivity contribution in [3.8, 4) is 0 Å². The van der Waals surface area contributed by atoms with Crippen LogP contribution in [0.2, 0.25) is 0 Å². The van der Waals surface area contributed by atoms with Crippen molar-refractivity contribution in [2.75, 3.05) is 19.3 Å². The van der Waals surface area contributed by atoms with Gasteiger partial charge in [0, 0.05) is 45.2 Å². The number of imidazole rings is 1. The lowest BCUT2D eigenvalue weighted by Gasteiger charge is -2.22. The number of nitrogens with one attached hydrogen (secondary N) is 1. The van der Waals surface area contributed by atoms with E-state index in [9.17, 15) is 8.42 Å². The Morgan fingerprint density at radius 1 is 1.47 bits per heavy atom. The Bertz CT molecular complexity index is 463. The molecule has 98 valence electrons. The zero-order chi connectivity index (χ0) is 13.1. The van der Waals surface area contributed by atoms with Gasteiger partial charge >= 0.3 is 0 Å². The summed E-state index contributed by atoms with van der Waals surface area (Å²) < 4.78 is 24.2. The fourth-order valence-electron chi connectivity index (χ4n) is 1.36. The summed E-state index contributed by atoms with van der Waals surface area (Å²) in [5.41, 5.74) is 0. The quantitative estimate of drug-likeness (QED) is 0.750. The van der Waals surface area contributed by atoms with Gasteiger partial charge in [0.15, 0.2) is 9.84 Å². The normalized spacial score (nSPS) is 12.9. The maximum atomic E-state index is 11.5. The van der Waals surface area contributed by atoms with Crippen LogP contribution >= 0.6 is 0 Å². The van der Waals surface area contributed by atoms with E-state index >= 15 is 0 Å². The van der Waals surface area contributed by atoms with E-state index in [4.69, 9.17) is 0 Å². The summed E-state index contributed by atoms with van der Waals surface area (Å²) >= 11 is 0. The SMILES string of the molecule is Cn1ccnc1CCNCC(C)(C)S(C)(=O)=O. The molecule has 1 rings (SSSR count). The summed E-state index contributed by atoms with van der Waals surface area (Å²) in [5.74, 6) is 0.995. The third-order valence-corrected chi connectivity index (χ3v) is 5.15. The van der Waals surface area contributed by atoms with Gasteiger partial charge in [0.2, 0.25) is 0 Å². The largest absolute Gasteiger partial charge is 0.338 e. The van der Waals surface area contributed by atoms with Gasteiger partial charge in [-0.05, 0) is 13.8 Å². The fraction of sp³-hybridized carbons (Fsp3) is 0.727. The first-order valence-corrected chi connectivity index (χ1v) is 7.50. The van der Waals surface area contributed by atoms with E-state index in [1.807, 2.05) is 17.8 Å². The smallest absolute Gasteiger partial charge is 0.153 e. The van der Waals surface area contributed by atoms with Crippen molar-refractivity contribution in [1.29, 1.82) is 0 Å². The van der Waals surface area contributed by atoms with E-state index in [2.05, 4.69) is 10.3 Å². The molecule has 1 aromatic rings. The highest BCUT2D eigenvalue weighted by Gasteiger charge is 2.29. The molecule has 0 radical (unpaired) electrons. The lowest BCUT2D eigenvalue weighted by Crippen LogP contribution is -2.42. The first-order chi connectivity index (χ1) is 7.74. The van der Waals surface area contributed by atoms with E-state index < -0.39 is 14.6 Å². The summed E-state index contributed by atoms with van der Waals surface area (Å²) in [4.78, 5) is 4.20. The third kappa shape index (κ3) is 3.81. The summed E-state index contributed by atoms with van der Waals surface area (Å²) in [6, 6.07) is 0. The Morgan fingerprint density at radius 2 is 2.12 bits per heavy atom. The highest BCUT2D eigenvalue weighted by atomic mass is 32.2. The third-order valence-electron chi connectivity index (χ3n) is 3.00. The molecule has 0 atom stereocenters. The molecule has 1 aromatic heterocycles. The van der Waals surface area contributed by atoms with E-state index in [0.717, 1.165) is 18.8 Å². The lowest BCUT2D eigenvalue weighted by molar-refractivity contribution is 0.520. The number of hydrogen-bond acceptors (Lipinski definition) is 4. The Morgan fingerprint density at radius 3 is 2.59 bits per heavy atom. The van der Waals surface area contributed by atoms with Crippen molar-refractivity contribution < 1.29 is 8.42 Å². The van der Waals surface area contributed by atoms with E-state index in [1.165, 1.54) is 6.26 Å². The molecule has 1 heterocycles. The van der Waals surface area contributed by atoms with E-state index in [-0.39, 0.29) is 0 Å². The van der Waals surface area contributed by atoms with Gasteiger partial charge in [-0.15, -0.1) is 0 Å². The monoisotopic (exact) mass is 259 g/mol. The fourth-order valence-corrected chi connectivity index (χ4v) is 1.72. The van der Waals surface area contributed by atoms with Crippen molar-refractivity contribution in [2.24, 2.45) is 7.05 Å². The molecular formula is C11H21N3O2S. The van der Waals surface area contributed by atoms with Gasteiger partial charge in [-0.1, -0.05) is 0 Å². The number of hydrogen-bond donors (Lipinski definition) is 1. The Labute approximate surface area is 103 Å². The van der Waals surface area contributed by atoms with E-state index in [1.54, 1.807) is 20.0 Å². The number of nitrogens with zero attached hydrogens (tertiary/aromatic N) is 2. The second-order valence-electron chi connectivity index (χ2n) is 4.91. The molecule has 1 N–H and O–H groups in total. The molecule has 0 aromatic carbocycles. The molecule has 0 aliphatic carbocycles. The summed E-state index contributed by atoms with van der Waals surface area (Å²) in [6.07, 6.45) is 5.72. The van der Waals surface area contributed by atoms with Crippen LogP contribution in [0.3, 0.4) is 0 Å². The molecule has 0 aliphatic rings. The van der Waals surface area contributed by atoms with Crippen molar-refractivity contribution >= 4 is 9.84 Å². The van der Waals surface area contributed by atoms with Crippen molar-refractivity contribution in [3.05, 3.63) is 18.2 Å². The highest BCUT2D eigenvalue weighted by molar-refractivity contribution is 7.92. The molecule has 5 nitrogen and oxygen atoms in total. The number of aryl methyl sites for hydroxylation is 1. The van der Waals surface area contributed by atoms with Gasteiger partial charge in [0.05, 0.1) is 4.75 Å². The van der Waals surface area contributed by atoms with Gasteiger partial charge in [0.25, 0.3) is 0 Å². The molecule has 17 heavy (non-hydrogen) atoms. The van der Waals surface area contributed by atoms with Crippen LogP contribution in [0.1, 0.15) is 19.7 Å². The highest BCUT2D eigenvalue weighted by Crippen LogP contribution is 2.13. The average molecular weight is 259 g/mol. The number of sulfone groups is 1. The van der Waals surface area contributed by atoms with Crippen LogP contribution < -0.4 is 5.32 Å². The second kappa shape index (κ2) is 5.18. The predicted octanol–water partition coefficient (Wildman–Crippen LogP) is 0.375. The molecule has 0 bridgehead atoms. The number of rotatable bonds is 6. The van der Waals surface area contributed by atoms with Crippen LogP contribution in [0.15, 0.2) is 12.4 Å². The van der Waals surface area contributed by atoms with Gasteiger partial charge in [0.1, 0.15) is 5.82 Å². The van der Waals surface area contributed by atoms with Crippen LogP contribution in [0.4, 0.5) is 0 Å². The molecule has 0 saturated carbocycles. The molecule has 0 saturated heterocycles. The molecule has 6 heteroatoms. The first-order valence-electron chi connectivity index (χ1n) is 5.60. The summed E-state index contributed by atoms with van der Waals surface area (Å²) in [6.45, 7) is 4.65. The molecule has 0 fully saturated rings. The molecule has 0 aliphatic heterocycles. The minimum atomic E-state index is -3.03. The minimum Gasteiger partial charge on any atom is -0.338 e. The molecule has 0 unspecified atom stereocenters. The minimum absolute atomic E-state index is 0.455. The van der Waals surface area contributed by atoms with Crippen molar-refractivity contribution in [3.63, 3.8) is 0 Å². The van der Waals surface area contributed by atoms with Crippen molar-refractivity contribution in [1.82, 2.24) is 14.9 Å². The van der Waals surface area contributed by atoms with Crippen LogP contribution in [0.25, 0.3) is 0 Å². The van der Waals surface area contributed by atoms with Gasteiger partial charge in [-0.3, -0.25) is 0 Å². The standard InChI is InChI=1S/C11H21N3O2S/c1-11(2,17(4,15)16)9-12-6-5-10-13-7-8-14(10)3/h7-8,12H,5-6,9H2,1-4H3. The molecule has 0 spiro atoms. The summed E-state index contributed by atoms with van der Waals surface area (Å²) in [7, 11) is -1.08. The number of aromatic nitrogens is 2. The molecule has 0 amide bonds. The Kier molecular flexibility index (Phi) is 4.32. The Balaban J connectivity index is 2.37. The molecular weight excluding hydrogens is 238 g/mol. The average Bonchev–Trinajstić information content (AvgIpc) is 2.57. The predicted molar refractivity (Wildman–Crippen MR) is 68.7 cm³/mol. The van der Waals surface area contributed by atoms with E-state index in [0.29, 0.717) is 6.54 Å².